The van der Waals surface area contributed by atoms with Crippen molar-refractivity contribution < 1.29 is 0 Å². The lowest BCUT2D eigenvalue weighted by Crippen LogP contribution is -2.33. The van der Waals surface area contributed by atoms with Crippen LogP contribution in [-0.4, -0.2) is 0 Å². The van der Waals surface area contributed by atoms with E-state index in [2.05, 4.69) is 70.3 Å². The highest BCUT2D eigenvalue weighted by Crippen LogP contribution is 2.46. The fourth-order valence-corrected chi connectivity index (χ4v) is 4.75. The molecular formula is C19H25NS. The molecule has 0 amide bonds. The average Bonchev–Trinajstić information content (AvgIpc) is 2.87. The van der Waals surface area contributed by atoms with E-state index in [1.807, 2.05) is 11.3 Å². The van der Waals surface area contributed by atoms with Crippen molar-refractivity contribution in [3.8, 4) is 0 Å². The van der Waals surface area contributed by atoms with Crippen LogP contribution in [0.3, 0.4) is 0 Å². The van der Waals surface area contributed by atoms with E-state index in [1.165, 1.54) is 26.4 Å². The Morgan fingerprint density at radius 2 is 1.95 bits per heavy atom. The van der Waals surface area contributed by atoms with Gasteiger partial charge in [0.05, 0.1) is 0 Å². The smallest absolute Gasteiger partial charge is 0.0382 e. The summed E-state index contributed by atoms with van der Waals surface area (Å²) < 4.78 is 0. The van der Waals surface area contributed by atoms with E-state index < -0.39 is 0 Å². The predicted octanol–water partition coefficient (Wildman–Crippen LogP) is 5.34. The van der Waals surface area contributed by atoms with Crippen LogP contribution >= 0.6 is 11.3 Å². The van der Waals surface area contributed by atoms with Gasteiger partial charge in [-0.1, -0.05) is 38.1 Å². The van der Waals surface area contributed by atoms with Crippen molar-refractivity contribution in [2.45, 2.75) is 53.1 Å². The summed E-state index contributed by atoms with van der Waals surface area (Å²) in [6.45, 7) is 11.5. The van der Waals surface area contributed by atoms with Gasteiger partial charge >= 0.3 is 0 Å². The van der Waals surface area contributed by atoms with Crippen molar-refractivity contribution in [3.63, 3.8) is 0 Å². The molecule has 1 aromatic carbocycles. The minimum atomic E-state index is 0.275. The van der Waals surface area contributed by atoms with Crippen LogP contribution in [0.1, 0.15) is 59.3 Å². The molecule has 0 radical (unpaired) electrons. The van der Waals surface area contributed by atoms with Gasteiger partial charge in [-0.15, -0.1) is 11.3 Å². The molecule has 2 heteroatoms. The molecule has 0 spiro atoms. The first-order valence-corrected chi connectivity index (χ1v) is 8.61. The number of aryl methyl sites for hydroxylation is 2. The molecular weight excluding hydrogens is 274 g/mol. The molecule has 1 aliphatic rings. The van der Waals surface area contributed by atoms with Gasteiger partial charge in [0.25, 0.3) is 0 Å². The number of fused-ring (bicyclic) bond motifs is 1. The predicted molar refractivity (Wildman–Crippen MR) is 92.0 cm³/mol. The zero-order valence-electron chi connectivity index (χ0n) is 13.7. The third kappa shape index (κ3) is 2.67. The van der Waals surface area contributed by atoms with Gasteiger partial charge in [-0.2, -0.15) is 0 Å². The highest BCUT2D eigenvalue weighted by molar-refractivity contribution is 7.12. The third-order valence-electron chi connectivity index (χ3n) is 4.76. The second kappa shape index (κ2) is 5.26. The van der Waals surface area contributed by atoms with Crippen LogP contribution in [0.4, 0.5) is 0 Å². The zero-order valence-corrected chi connectivity index (χ0v) is 14.5. The Hall–Kier alpha value is -1.12. The lowest BCUT2D eigenvalue weighted by Gasteiger charge is -2.31. The largest absolute Gasteiger partial charge is 0.303 e. The Labute approximate surface area is 132 Å². The van der Waals surface area contributed by atoms with Crippen LogP contribution in [0, 0.1) is 19.3 Å². The molecule has 1 aromatic heterocycles. The number of thiophene rings is 1. The molecule has 2 atom stereocenters. The van der Waals surface area contributed by atoms with Gasteiger partial charge in [0.1, 0.15) is 0 Å². The fraction of sp³-hybridized carbons (Fsp3) is 0.474. The van der Waals surface area contributed by atoms with Crippen LogP contribution in [0.5, 0.6) is 0 Å². The molecule has 1 aliphatic carbocycles. The second-order valence-corrected chi connectivity index (χ2v) is 8.51. The monoisotopic (exact) mass is 299 g/mol. The topological polar surface area (TPSA) is 12.0 Å². The Balaban J connectivity index is 1.88. The Bertz CT molecular complexity index is 653. The van der Waals surface area contributed by atoms with E-state index in [9.17, 15) is 0 Å². The van der Waals surface area contributed by atoms with Crippen LogP contribution in [0.15, 0.2) is 30.3 Å². The van der Waals surface area contributed by atoms with Gasteiger partial charge in [-0.25, -0.2) is 0 Å². The van der Waals surface area contributed by atoms with Crippen molar-refractivity contribution in [1.82, 2.24) is 5.32 Å². The molecule has 2 aromatic rings. The van der Waals surface area contributed by atoms with Crippen molar-refractivity contribution >= 4 is 11.3 Å². The lowest BCUT2D eigenvalue weighted by atomic mass is 9.84. The van der Waals surface area contributed by atoms with E-state index in [0.29, 0.717) is 12.1 Å². The summed E-state index contributed by atoms with van der Waals surface area (Å²) in [6, 6.07) is 12.1. The summed E-state index contributed by atoms with van der Waals surface area (Å²) >= 11 is 1.90. The summed E-state index contributed by atoms with van der Waals surface area (Å²) in [4.78, 5) is 2.85. The highest BCUT2D eigenvalue weighted by Gasteiger charge is 2.39. The number of benzene rings is 1. The summed E-state index contributed by atoms with van der Waals surface area (Å²) in [5.41, 5.74) is 4.72. The normalized spacial score (nSPS) is 21.3. The molecule has 0 saturated heterocycles. The zero-order chi connectivity index (χ0) is 15.2. The summed E-state index contributed by atoms with van der Waals surface area (Å²) in [5.74, 6) is 0. The van der Waals surface area contributed by atoms with Crippen molar-refractivity contribution in [1.29, 1.82) is 0 Å². The summed E-state index contributed by atoms with van der Waals surface area (Å²) in [5, 5.41) is 3.90. The SMILES string of the molecule is Cc1cc(C(C)NC2c3ccccc3CC2(C)C)c(C)s1. The molecule has 0 saturated carbocycles. The quantitative estimate of drug-likeness (QED) is 0.806. The first-order chi connectivity index (χ1) is 9.88. The van der Waals surface area contributed by atoms with Gasteiger partial charge in [0.2, 0.25) is 0 Å². The minimum Gasteiger partial charge on any atom is -0.303 e. The average molecular weight is 299 g/mol. The molecule has 112 valence electrons. The maximum absolute atomic E-state index is 3.90. The van der Waals surface area contributed by atoms with Gasteiger partial charge < -0.3 is 5.32 Å². The van der Waals surface area contributed by atoms with Crippen molar-refractivity contribution in [2.75, 3.05) is 0 Å². The Kier molecular flexibility index (Phi) is 3.71. The van der Waals surface area contributed by atoms with E-state index >= 15 is 0 Å². The molecule has 2 unspecified atom stereocenters. The van der Waals surface area contributed by atoms with E-state index in [1.54, 1.807) is 0 Å². The number of rotatable bonds is 3. The summed E-state index contributed by atoms with van der Waals surface area (Å²) in [7, 11) is 0. The van der Waals surface area contributed by atoms with Crippen LogP contribution in [0.25, 0.3) is 0 Å². The Morgan fingerprint density at radius 3 is 2.62 bits per heavy atom. The highest BCUT2D eigenvalue weighted by atomic mass is 32.1. The lowest BCUT2D eigenvalue weighted by molar-refractivity contribution is 0.252. The molecule has 0 bridgehead atoms. The molecule has 1 N–H and O–H groups in total. The van der Waals surface area contributed by atoms with Crippen molar-refractivity contribution in [3.05, 3.63) is 56.8 Å². The number of nitrogens with one attached hydrogen (secondary N) is 1. The standard InChI is InChI=1S/C19H25NS/c1-12-10-17(14(3)21-12)13(2)20-18-16-9-7-6-8-15(16)11-19(18,4)5/h6-10,13,18,20H,11H2,1-5H3. The van der Waals surface area contributed by atoms with E-state index in [-0.39, 0.29) is 5.41 Å². The number of hydrogen-bond acceptors (Lipinski definition) is 2. The minimum absolute atomic E-state index is 0.275. The Morgan fingerprint density at radius 1 is 1.24 bits per heavy atom. The van der Waals surface area contributed by atoms with Gasteiger partial charge in [-0.3, -0.25) is 0 Å². The first kappa shape index (κ1) is 14.8. The van der Waals surface area contributed by atoms with Crippen LogP contribution in [-0.2, 0) is 6.42 Å². The van der Waals surface area contributed by atoms with Gasteiger partial charge in [-0.05, 0) is 55.4 Å². The second-order valence-electron chi connectivity index (χ2n) is 7.05. The maximum Gasteiger partial charge on any atom is 0.0382 e. The van der Waals surface area contributed by atoms with E-state index in [0.717, 1.165) is 6.42 Å². The molecule has 1 heterocycles. The third-order valence-corrected chi connectivity index (χ3v) is 5.74. The molecule has 0 fully saturated rings. The molecule has 1 nitrogen and oxygen atoms in total. The fourth-order valence-electron chi connectivity index (χ4n) is 3.73. The van der Waals surface area contributed by atoms with E-state index in [4.69, 9.17) is 0 Å². The maximum atomic E-state index is 3.90. The molecule has 0 aliphatic heterocycles. The van der Waals surface area contributed by atoms with Gasteiger partial charge in [0.15, 0.2) is 0 Å². The van der Waals surface area contributed by atoms with Crippen molar-refractivity contribution in [2.24, 2.45) is 5.41 Å². The first-order valence-electron chi connectivity index (χ1n) is 7.79. The van der Waals surface area contributed by atoms with Crippen LogP contribution in [0.2, 0.25) is 0 Å². The number of hydrogen-bond donors (Lipinski definition) is 1. The van der Waals surface area contributed by atoms with Crippen LogP contribution < -0.4 is 5.32 Å². The molecule has 3 rings (SSSR count). The van der Waals surface area contributed by atoms with Gasteiger partial charge in [0, 0.05) is 21.8 Å². The summed E-state index contributed by atoms with van der Waals surface area (Å²) in [6.07, 6.45) is 1.16. The molecule has 21 heavy (non-hydrogen) atoms.